The van der Waals surface area contributed by atoms with Crippen LogP contribution in [0.5, 0.6) is 5.75 Å². The zero-order chi connectivity index (χ0) is 16.9. The predicted octanol–water partition coefficient (Wildman–Crippen LogP) is 4.92. The molecule has 0 aliphatic rings. The van der Waals surface area contributed by atoms with Crippen LogP contribution in [0.25, 0.3) is 0 Å². The van der Waals surface area contributed by atoms with E-state index in [1.165, 1.54) is 18.2 Å². The molecule has 0 unspecified atom stereocenters. The van der Waals surface area contributed by atoms with Gasteiger partial charge in [0.2, 0.25) is 5.91 Å². The predicted molar refractivity (Wildman–Crippen MR) is 84.2 cm³/mol. The molecule has 0 saturated carbocycles. The maximum atomic E-state index is 12.3. The maximum absolute atomic E-state index is 12.3. The van der Waals surface area contributed by atoms with Crippen LogP contribution < -0.4 is 10.1 Å². The minimum atomic E-state index is -4.81. The van der Waals surface area contributed by atoms with Gasteiger partial charge in [0.05, 0.1) is 5.69 Å². The van der Waals surface area contributed by atoms with Crippen molar-refractivity contribution in [2.75, 3.05) is 5.32 Å². The summed E-state index contributed by atoms with van der Waals surface area (Å²) >= 11 is 3.38. The Morgan fingerprint density at radius 2 is 1.74 bits per heavy atom. The second-order valence-electron chi connectivity index (χ2n) is 4.68. The van der Waals surface area contributed by atoms with Crippen molar-refractivity contribution >= 4 is 27.5 Å². The Morgan fingerprint density at radius 3 is 2.43 bits per heavy atom. The topological polar surface area (TPSA) is 38.3 Å². The molecule has 0 aliphatic carbocycles. The molecule has 7 heteroatoms. The van der Waals surface area contributed by atoms with Crippen molar-refractivity contribution in [2.45, 2.75) is 19.2 Å². The lowest BCUT2D eigenvalue weighted by molar-refractivity contribution is -0.274. The summed E-state index contributed by atoms with van der Waals surface area (Å²) in [5, 5.41) is 2.44. The highest BCUT2D eigenvalue weighted by atomic mass is 79.9. The number of anilines is 1. The van der Waals surface area contributed by atoms with E-state index in [1.807, 2.05) is 24.3 Å². The van der Waals surface area contributed by atoms with Gasteiger partial charge in [-0.25, -0.2) is 0 Å². The van der Waals surface area contributed by atoms with Crippen molar-refractivity contribution in [1.29, 1.82) is 0 Å². The molecule has 2 aromatic carbocycles. The Bertz CT molecular complexity index is 689. The van der Waals surface area contributed by atoms with Gasteiger partial charge in [-0.3, -0.25) is 4.79 Å². The molecular formula is C16H13BrF3NO2. The average Bonchev–Trinajstić information content (AvgIpc) is 2.47. The lowest BCUT2D eigenvalue weighted by atomic mass is 10.1. The fourth-order valence-electron chi connectivity index (χ4n) is 1.95. The summed E-state index contributed by atoms with van der Waals surface area (Å²) < 4.78 is 41.8. The van der Waals surface area contributed by atoms with Crippen molar-refractivity contribution in [3.05, 3.63) is 58.6 Å². The number of amides is 1. The first kappa shape index (κ1) is 17.3. The minimum absolute atomic E-state index is 0.0121. The maximum Gasteiger partial charge on any atom is 0.573 e. The van der Waals surface area contributed by atoms with Crippen molar-refractivity contribution in [3.8, 4) is 5.75 Å². The quantitative estimate of drug-likeness (QED) is 0.790. The van der Waals surface area contributed by atoms with Gasteiger partial charge in [-0.2, -0.15) is 0 Å². The van der Waals surface area contributed by atoms with E-state index in [9.17, 15) is 18.0 Å². The molecule has 0 heterocycles. The number of rotatable bonds is 5. The summed E-state index contributed by atoms with van der Waals surface area (Å²) in [6.45, 7) is 0. The van der Waals surface area contributed by atoms with E-state index >= 15 is 0 Å². The molecule has 0 aromatic heterocycles. The number of carbonyl (C=O) groups excluding carboxylic acids is 1. The van der Waals surface area contributed by atoms with E-state index in [0.717, 1.165) is 16.1 Å². The summed E-state index contributed by atoms with van der Waals surface area (Å²) in [5.41, 5.74) is 0.935. The number of benzene rings is 2. The number of ether oxygens (including phenoxy) is 1. The third-order valence-electron chi connectivity index (χ3n) is 2.97. The van der Waals surface area contributed by atoms with Gasteiger partial charge in [0.25, 0.3) is 0 Å². The molecule has 1 N–H and O–H groups in total. The monoisotopic (exact) mass is 387 g/mol. The highest BCUT2D eigenvalue weighted by Gasteiger charge is 2.32. The SMILES string of the molecule is O=C(CCc1ccccc1Br)Nc1ccccc1OC(F)(F)F. The molecule has 0 spiro atoms. The zero-order valence-electron chi connectivity index (χ0n) is 11.9. The van der Waals surface area contributed by atoms with Gasteiger partial charge in [0.15, 0.2) is 5.75 Å². The molecule has 1 amide bonds. The summed E-state index contributed by atoms with van der Waals surface area (Å²) in [6.07, 6.45) is -4.20. The summed E-state index contributed by atoms with van der Waals surface area (Å²) in [6, 6.07) is 12.9. The molecule has 0 bridgehead atoms. The second-order valence-corrected chi connectivity index (χ2v) is 5.54. The Labute approximate surface area is 139 Å². The molecule has 0 aliphatic heterocycles. The highest BCUT2D eigenvalue weighted by Crippen LogP contribution is 2.30. The smallest absolute Gasteiger partial charge is 0.404 e. The van der Waals surface area contributed by atoms with Crippen LogP contribution in [0.4, 0.5) is 18.9 Å². The first-order chi connectivity index (χ1) is 10.8. The number of hydrogen-bond donors (Lipinski definition) is 1. The molecule has 0 radical (unpaired) electrons. The minimum Gasteiger partial charge on any atom is -0.404 e. The van der Waals surface area contributed by atoms with E-state index in [1.54, 1.807) is 0 Å². The number of carbonyl (C=O) groups is 1. The normalized spacial score (nSPS) is 11.1. The van der Waals surface area contributed by atoms with Crippen molar-refractivity contribution in [1.82, 2.24) is 0 Å². The van der Waals surface area contributed by atoms with E-state index in [0.29, 0.717) is 6.42 Å². The third kappa shape index (κ3) is 5.59. The Morgan fingerprint density at radius 1 is 1.09 bits per heavy atom. The molecule has 3 nitrogen and oxygen atoms in total. The average molecular weight is 388 g/mol. The van der Waals surface area contributed by atoms with Gasteiger partial charge in [-0.05, 0) is 30.2 Å². The molecule has 23 heavy (non-hydrogen) atoms. The van der Waals surface area contributed by atoms with Gasteiger partial charge in [-0.1, -0.05) is 46.3 Å². The summed E-state index contributed by atoms with van der Waals surface area (Å²) in [5.74, 6) is -0.826. The van der Waals surface area contributed by atoms with Crippen LogP contribution >= 0.6 is 15.9 Å². The number of aryl methyl sites for hydroxylation is 1. The van der Waals surface area contributed by atoms with Crippen molar-refractivity contribution in [2.24, 2.45) is 0 Å². The highest BCUT2D eigenvalue weighted by molar-refractivity contribution is 9.10. The number of alkyl halides is 3. The lowest BCUT2D eigenvalue weighted by Gasteiger charge is -2.14. The molecule has 2 rings (SSSR count). The summed E-state index contributed by atoms with van der Waals surface area (Å²) in [7, 11) is 0. The van der Waals surface area contributed by atoms with Crippen LogP contribution in [0, 0.1) is 0 Å². The fourth-order valence-corrected chi connectivity index (χ4v) is 2.43. The Balaban J connectivity index is 1.99. The first-order valence-electron chi connectivity index (χ1n) is 6.73. The largest absolute Gasteiger partial charge is 0.573 e. The molecule has 122 valence electrons. The van der Waals surface area contributed by atoms with E-state index in [4.69, 9.17) is 0 Å². The van der Waals surface area contributed by atoms with Gasteiger partial charge in [0.1, 0.15) is 0 Å². The van der Waals surface area contributed by atoms with Gasteiger partial charge in [0, 0.05) is 10.9 Å². The van der Waals surface area contributed by atoms with Crippen LogP contribution in [-0.4, -0.2) is 12.3 Å². The number of halogens is 4. The Kier molecular flexibility index (Phi) is 5.65. The van der Waals surface area contributed by atoms with Crippen LogP contribution in [0.2, 0.25) is 0 Å². The summed E-state index contributed by atoms with van der Waals surface area (Å²) in [4.78, 5) is 12.0. The second kappa shape index (κ2) is 7.50. The zero-order valence-corrected chi connectivity index (χ0v) is 13.4. The first-order valence-corrected chi connectivity index (χ1v) is 7.52. The van der Waals surface area contributed by atoms with E-state index in [-0.39, 0.29) is 18.0 Å². The van der Waals surface area contributed by atoms with Crippen LogP contribution in [-0.2, 0) is 11.2 Å². The fraction of sp³-hybridized carbons (Fsp3) is 0.188. The van der Waals surface area contributed by atoms with Crippen LogP contribution in [0.3, 0.4) is 0 Å². The molecule has 0 saturated heterocycles. The Hall–Kier alpha value is -2.02. The van der Waals surface area contributed by atoms with Crippen molar-refractivity contribution in [3.63, 3.8) is 0 Å². The van der Waals surface area contributed by atoms with Gasteiger partial charge < -0.3 is 10.1 Å². The van der Waals surface area contributed by atoms with Crippen LogP contribution in [0.15, 0.2) is 53.0 Å². The van der Waals surface area contributed by atoms with E-state index < -0.39 is 12.1 Å². The molecule has 0 fully saturated rings. The third-order valence-corrected chi connectivity index (χ3v) is 3.74. The van der Waals surface area contributed by atoms with Gasteiger partial charge in [-0.15, -0.1) is 13.2 Å². The standard InChI is InChI=1S/C16H13BrF3NO2/c17-12-6-2-1-5-11(12)9-10-15(22)21-13-7-3-4-8-14(13)23-16(18,19)20/h1-8H,9-10H2,(H,21,22). The molecule has 0 atom stereocenters. The lowest BCUT2D eigenvalue weighted by Crippen LogP contribution is -2.19. The van der Waals surface area contributed by atoms with Gasteiger partial charge >= 0.3 is 6.36 Å². The number of hydrogen-bond acceptors (Lipinski definition) is 2. The molecular weight excluding hydrogens is 375 g/mol. The van der Waals surface area contributed by atoms with Crippen LogP contribution in [0.1, 0.15) is 12.0 Å². The number of nitrogens with one attached hydrogen (secondary N) is 1. The van der Waals surface area contributed by atoms with E-state index in [2.05, 4.69) is 26.0 Å². The number of para-hydroxylation sites is 2. The van der Waals surface area contributed by atoms with Crippen molar-refractivity contribution < 1.29 is 22.7 Å². The molecule has 2 aromatic rings.